The summed E-state index contributed by atoms with van der Waals surface area (Å²) < 4.78 is 27.6. The Balaban J connectivity index is 0.00000338. The highest BCUT2D eigenvalue weighted by atomic mass is 35.5. The van der Waals surface area contributed by atoms with Gasteiger partial charge in [-0.1, -0.05) is 18.9 Å². The van der Waals surface area contributed by atoms with Crippen LogP contribution in [0.5, 0.6) is 0 Å². The summed E-state index contributed by atoms with van der Waals surface area (Å²) in [5, 5.41) is 5.81. The summed E-state index contributed by atoms with van der Waals surface area (Å²) in [5.74, 6) is -0.0998. The molecule has 0 spiro atoms. The number of nitrogens with zero attached hydrogens (tertiary/aromatic N) is 1. The number of anilines is 1. The molecule has 1 aliphatic rings. The molecule has 1 heterocycles. The number of aryl methyl sites for hydroxylation is 1. The van der Waals surface area contributed by atoms with E-state index in [4.69, 9.17) is 0 Å². The number of rotatable bonds is 7. The zero-order chi connectivity index (χ0) is 18.3. The lowest BCUT2D eigenvalue weighted by atomic mass is 10.2. The van der Waals surface area contributed by atoms with E-state index >= 15 is 0 Å². The van der Waals surface area contributed by atoms with E-state index in [1.807, 2.05) is 7.05 Å². The topological polar surface area (TPSA) is 78.5 Å². The van der Waals surface area contributed by atoms with Gasteiger partial charge < -0.3 is 10.6 Å². The fraction of sp³-hybridized carbons (Fsp3) is 0.611. The number of halogens is 1. The van der Waals surface area contributed by atoms with Crippen LogP contribution < -0.4 is 10.6 Å². The van der Waals surface area contributed by atoms with Crippen molar-refractivity contribution in [1.29, 1.82) is 0 Å². The van der Waals surface area contributed by atoms with Crippen molar-refractivity contribution >= 4 is 34.0 Å². The first-order chi connectivity index (χ1) is 11.9. The van der Waals surface area contributed by atoms with Crippen LogP contribution in [-0.2, 0) is 14.8 Å². The van der Waals surface area contributed by atoms with Crippen molar-refractivity contribution < 1.29 is 13.2 Å². The Kier molecular flexibility index (Phi) is 9.57. The van der Waals surface area contributed by atoms with Crippen molar-refractivity contribution in [3.63, 3.8) is 0 Å². The number of carbonyl (C=O) groups excluding carboxylic acids is 1. The molecule has 0 bridgehead atoms. The third kappa shape index (κ3) is 6.23. The minimum atomic E-state index is -3.52. The SMILES string of the molecule is CNCCCC(=O)Nc1ccc(C)c(S(=O)(=O)N2CCCCCC2)c1.Cl. The number of carbonyl (C=O) groups is 1. The summed E-state index contributed by atoms with van der Waals surface area (Å²) in [6.45, 7) is 3.71. The van der Waals surface area contributed by atoms with Gasteiger partial charge in [0.25, 0.3) is 0 Å². The monoisotopic (exact) mass is 403 g/mol. The zero-order valence-corrected chi connectivity index (χ0v) is 17.2. The Labute approximate surface area is 163 Å². The molecule has 1 fully saturated rings. The first kappa shape index (κ1) is 22.9. The second-order valence-corrected chi connectivity index (χ2v) is 8.46. The van der Waals surface area contributed by atoms with Crippen LogP contribution in [0.25, 0.3) is 0 Å². The van der Waals surface area contributed by atoms with E-state index in [1.165, 1.54) is 0 Å². The summed E-state index contributed by atoms with van der Waals surface area (Å²) >= 11 is 0. The van der Waals surface area contributed by atoms with E-state index < -0.39 is 10.0 Å². The van der Waals surface area contributed by atoms with E-state index in [0.717, 1.165) is 38.6 Å². The van der Waals surface area contributed by atoms with Gasteiger partial charge in [0.2, 0.25) is 15.9 Å². The summed E-state index contributed by atoms with van der Waals surface area (Å²) in [7, 11) is -1.68. The van der Waals surface area contributed by atoms with Gasteiger partial charge in [0.1, 0.15) is 0 Å². The van der Waals surface area contributed by atoms with Crippen molar-refractivity contribution in [3.8, 4) is 0 Å². The van der Waals surface area contributed by atoms with E-state index in [2.05, 4.69) is 10.6 Å². The molecule has 26 heavy (non-hydrogen) atoms. The molecule has 0 saturated carbocycles. The van der Waals surface area contributed by atoms with Crippen LogP contribution in [0.2, 0.25) is 0 Å². The van der Waals surface area contributed by atoms with Crippen molar-refractivity contribution in [1.82, 2.24) is 9.62 Å². The average Bonchev–Trinajstić information content (AvgIpc) is 2.86. The van der Waals surface area contributed by atoms with E-state index in [9.17, 15) is 13.2 Å². The van der Waals surface area contributed by atoms with Gasteiger partial charge in [-0.3, -0.25) is 4.79 Å². The van der Waals surface area contributed by atoms with Crippen LogP contribution in [0, 0.1) is 6.92 Å². The Bertz CT molecular complexity index is 687. The average molecular weight is 404 g/mol. The normalized spacial score (nSPS) is 15.8. The highest BCUT2D eigenvalue weighted by Gasteiger charge is 2.27. The predicted molar refractivity (Wildman–Crippen MR) is 107 cm³/mol. The van der Waals surface area contributed by atoms with Crippen LogP contribution >= 0.6 is 12.4 Å². The number of hydrogen-bond acceptors (Lipinski definition) is 4. The van der Waals surface area contributed by atoms with Gasteiger partial charge in [-0.2, -0.15) is 4.31 Å². The molecule has 1 saturated heterocycles. The van der Waals surface area contributed by atoms with Crippen molar-refractivity contribution in [2.75, 3.05) is 32.0 Å². The fourth-order valence-corrected chi connectivity index (χ4v) is 4.79. The van der Waals surface area contributed by atoms with Gasteiger partial charge >= 0.3 is 0 Å². The summed E-state index contributed by atoms with van der Waals surface area (Å²) in [4.78, 5) is 12.3. The molecule has 0 radical (unpaired) electrons. The van der Waals surface area contributed by atoms with E-state index in [0.29, 0.717) is 35.7 Å². The van der Waals surface area contributed by atoms with Gasteiger partial charge in [-0.05, 0) is 57.5 Å². The molecule has 1 amide bonds. The molecule has 2 rings (SSSR count). The van der Waals surface area contributed by atoms with Crippen molar-refractivity contribution in [2.24, 2.45) is 0 Å². The number of sulfonamides is 1. The molecular formula is C18H30ClN3O3S. The maximum absolute atomic E-state index is 13.0. The van der Waals surface area contributed by atoms with Gasteiger partial charge in [0.05, 0.1) is 4.90 Å². The third-order valence-corrected chi connectivity index (χ3v) is 6.53. The maximum Gasteiger partial charge on any atom is 0.243 e. The summed E-state index contributed by atoms with van der Waals surface area (Å²) in [6.07, 6.45) is 5.11. The van der Waals surface area contributed by atoms with Crippen molar-refractivity contribution in [2.45, 2.75) is 50.3 Å². The Morgan fingerprint density at radius 2 is 1.81 bits per heavy atom. The maximum atomic E-state index is 13.0. The Morgan fingerprint density at radius 3 is 2.42 bits per heavy atom. The van der Waals surface area contributed by atoms with Crippen LogP contribution in [0.4, 0.5) is 5.69 Å². The highest BCUT2D eigenvalue weighted by molar-refractivity contribution is 7.89. The lowest BCUT2D eigenvalue weighted by Crippen LogP contribution is -2.32. The summed E-state index contributed by atoms with van der Waals surface area (Å²) in [5.41, 5.74) is 1.24. The van der Waals surface area contributed by atoms with E-state index in [-0.39, 0.29) is 18.3 Å². The molecule has 0 atom stereocenters. The molecule has 0 aliphatic carbocycles. The van der Waals surface area contributed by atoms with Crippen LogP contribution in [0.3, 0.4) is 0 Å². The third-order valence-electron chi connectivity index (χ3n) is 4.49. The van der Waals surface area contributed by atoms with Gasteiger partial charge in [-0.15, -0.1) is 12.4 Å². The molecule has 8 heteroatoms. The van der Waals surface area contributed by atoms with Gasteiger partial charge in [-0.25, -0.2) is 8.42 Å². The highest BCUT2D eigenvalue weighted by Crippen LogP contribution is 2.25. The number of amides is 1. The minimum absolute atomic E-state index is 0. The lowest BCUT2D eigenvalue weighted by molar-refractivity contribution is -0.116. The molecule has 1 aromatic carbocycles. The van der Waals surface area contributed by atoms with Gasteiger partial charge in [0, 0.05) is 25.2 Å². The van der Waals surface area contributed by atoms with Crippen LogP contribution in [0.1, 0.15) is 44.1 Å². The smallest absolute Gasteiger partial charge is 0.243 e. The molecule has 1 aromatic rings. The second kappa shape index (κ2) is 10.9. The number of benzene rings is 1. The minimum Gasteiger partial charge on any atom is -0.326 e. The molecule has 148 valence electrons. The molecule has 0 unspecified atom stereocenters. The zero-order valence-electron chi connectivity index (χ0n) is 15.6. The molecule has 6 nitrogen and oxygen atoms in total. The first-order valence-electron chi connectivity index (χ1n) is 9.00. The Morgan fingerprint density at radius 1 is 1.15 bits per heavy atom. The standard InChI is InChI=1S/C18H29N3O3S.ClH/c1-15-9-10-16(20-18(22)8-7-11-19-2)14-17(15)25(23,24)21-12-5-3-4-6-13-21;/h9-10,14,19H,3-8,11-13H2,1-2H3,(H,20,22);1H. The molecule has 1 aliphatic heterocycles. The summed E-state index contributed by atoms with van der Waals surface area (Å²) in [6, 6.07) is 5.10. The van der Waals surface area contributed by atoms with Crippen LogP contribution in [-0.4, -0.2) is 45.3 Å². The lowest BCUT2D eigenvalue weighted by Gasteiger charge is -2.21. The predicted octanol–water partition coefficient (Wildman–Crippen LogP) is 2.92. The fourth-order valence-electron chi connectivity index (χ4n) is 3.03. The quantitative estimate of drug-likeness (QED) is 0.686. The Hall–Kier alpha value is -1.15. The van der Waals surface area contributed by atoms with Gasteiger partial charge in [0.15, 0.2) is 0 Å². The number of hydrogen-bond donors (Lipinski definition) is 2. The number of nitrogens with one attached hydrogen (secondary N) is 2. The van der Waals surface area contributed by atoms with E-state index in [1.54, 1.807) is 29.4 Å². The largest absolute Gasteiger partial charge is 0.326 e. The second-order valence-electron chi connectivity index (χ2n) is 6.55. The molecular weight excluding hydrogens is 374 g/mol. The first-order valence-corrected chi connectivity index (χ1v) is 10.4. The van der Waals surface area contributed by atoms with Crippen molar-refractivity contribution in [3.05, 3.63) is 23.8 Å². The van der Waals surface area contributed by atoms with Crippen LogP contribution in [0.15, 0.2) is 23.1 Å². The molecule has 0 aromatic heterocycles. The molecule has 2 N–H and O–H groups in total.